The zero-order valence-electron chi connectivity index (χ0n) is 5.99. The van der Waals surface area contributed by atoms with E-state index in [0.717, 1.165) is 11.8 Å². The molecule has 1 aromatic carbocycles. The fourth-order valence-electron chi connectivity index (χ4n) is 0.804. The number of hydrazone groups is 1. The van der Waals surface area contributed by atoms with Gasteiger partial charge in [0.1, 0.15) is 5.71 Å². The lowest BCUT2D eigenvalue weighted by molar-refractivity contribution is 1.25. The number of hydrogen-bond donors (Lipinski definition) is 2. The lowest BCUT2D eigenvalue weighted by atomic mass is 10.1. The zero-order chi connectivity index (χ0) is 8.10. The number of nitrogens with zero attached hydrogens (tertiary/aromatic N) is 1. The summed E-state index contributed by atoms with van der Waals surface area (Å²) in [5.41, 5.74) is 1.36. The number of hydrogen-bond acceptors (Lipinski definition) is 3. The van der Waals surface area contributed by atoms with Crippen LogP contribution >= 0.6 is 0 Å². The number of nitrogens with two attached hydrogens (primary N) is 1. The first kappa shape index (κ1) is 7.47. The second kappa shape index (κ2) is 3.51. The topological polar surface area (TPSA) is 62.2 Å². The van der Waals surface area contributed by atoms with Gasteiger partial charge in [0, 0.05) is 11.8 Å². The molecule has 1 aromatic rings. The van der Waals surface area contributed by atoms with Crippen molar-refractivity contribution < 1.29 is 0 Å². The van der Waals surface area contributed by atoms with Crippen molar-refractivity contribution in [3.05, 3.63) is 35.9 Å². The van der Waals surface area contributed by atoms with Crippen LogP contribution < -0.4 is 5.84 Å². The van der Waals surface area contributed by atoms with Crippen LogP contribution in [0.25, 0.3) is 0 Å². The summed E-state index contributed by atoms with van der Waals surface area (Å²) in [6, 6.07) is 9.38. The summed E-state index contributed by atoms with van der Waals surface area (Å²) in [5.74, 6) is 5.05. The standard InChI is InChI=1S/C8H9N3/c9-6-8(11-10)7-4-2-1-3-5-7/h1-6,9H,10H2. The van der Waals surface area contributed by atoms with Gasteiger partial charge in [-0.15, -0.1) is 0 Å². The average molecular weight is 147 g/mol. The van der Waals surface area contributed by atoms with E-state index >= 15 is 0 Å². The predicted octanol–water partition coefficient (Wildman–Crippen LogP) is 0.999. The summed E-state index contributed by atoms with van der Waals surface area (Å²) >= 11 is 0. The van der Waals surface area contributed by atoms with Crippen molar-refractivity contribution in [2.24, 2.45) is 10.9 Å². The van der Waals surface area contributed by atoms with Gasteiger partial charge in [-0.3, -0.25) is 0 Å². The van der Waals surface area contributed by atoms with E-state index in [4.69, 9.17) is 11.3 Å². The third-order valence-electron chi connectivity index (χ3n) is 1.35. The smallest absolute Gasteiger partial charge is 0.107 e. The first-order valence-corrected chi connectivity index (χ1v) is 3.22. The van der Waals surface area contributed by atoms with Gasteiger partial charge in [-0.2, -0.15) is 5.10 Å². The van der Waals surface area contributed by atoms with Crippen LogP contribution in [0.4, 0.5) is 0 Å². The van der Waals surface area contributed by atoms with E-state index in [0.29, 0.717) is 5.71 Å². The lowest BCUT2D eigenvalue weighted by Crippen LogP contribution is -2.04. The lowest BCUT2D eigenvalue weighted by Gasteiger charge is -1.95. The molecule has 0 saturated heterocycles. The van der Waals surface area contributed by atoms with Crippen LogP contribution in [-0.2, 0) is 0 Å². The monoisotopic (exact) mass is 147 g/mol. The molecule has 0 amide bonds. The fraction of sp³-hybridized carbons (Fsp3) is 0. The number of rotatable bonds is 2. The van der Waals surface area contributed by atoms with Crippen LogP contribution in [0.2, 0.25) is 0 Å². The Bertz CT molecular complexity index is 264. The molecule has 0 atom stereocenters. The molecule has 56 valence electrons. The molecule has 3 nitrogen and oxygen atoms in total. The van der Waals surface area contributed by atoms with E-state index < -0.39 is 0 Å². The van der Waals surface area contributed by atoms with E-state index in [1.54, 1.807) is 0 Å². The normalized spacial score (nSPS) is 11.1. The highest BCUT2D eigenvalue weighted by atomic mass is 15.1. The summed E-state index contributed by atoms with van der Waals surface area (Å²) in [7, 11) is 0. The summed E-state index contributed by atoms with van der Waals surface area (Å²) < 4.78 is 0. The Morgan fingerprint density at radius 1 is 1.36 bits per heavy atom. The molecule has 0 bridgehead atoms. The summed E-state index contributed by atoms with van der Waals surface area (Å²) in [5, 5.41) is 10.4. The second-order valence-corrected chi connectivity index (χ2v) is 2.02. The molecule has 0 fully saturated rings. The highest BCUT2D eigenvalue weighted by molar-refractivity contribution is 6.37. The molecule has 0 aliphatic carbocycles. The summed E-state index contributed by atoms with van der Waals surface area (Å²) in [4.78, 5) is 0. The van der Waals surface area contributed by atoms with E-state index in [1.807, 2.05) is 30.3 Å². The molecule has 1 rings (SSSR count). The maximum absolute atomic E-state index is 6.96. The Morgan fingerprint density at radius 2 is 2.00 bits per heavy atom. The summed E-state index contributed by atoms with van der Waals surface area (Å²) in [6.07, 6.45) is 1.13. The van der Waals surface area contributed by atoms with Crippen molar-refractivity contribution >= 4 is 11.9 Å². The molecular weight excluding hydrogens is 138 g/mol. The Balaban J connectivity index is 3.01. The summed E-state index contributed by atoms with van der Waals surface area (Å²) in [6.45, 7) is 0. The zero-order valence-corrected chi connectivity index (χ0v) is 5.99. The predicted molar refractivity (Wildman–Crippen MR) is 46.0 cm³/mol. The molecule has 11 heavy (non-hydrogen) atoms. The molecule has 0 unspecified atom stereocenters. The van der Waals surface area contributed by atoms with Gasteiger partial charge in [0.05, 0.1) is 0 Å². The van der Waals surface area contributed by atoms with Crippen LogP contribution in [0.15, 0.2) is 35.4 Å². The number of benzene rings is 1. The molecule has 0 radical (unpaired) electrons. The molecular formula is C8H9N3. The quantitative estimate of drug-likeness (QED) is 0.366. The minimum Gasteiger partial charge on any atom is -0.323 e. The van der Waals surface area contributed by atoms with Gasteiger partial charge < -0.3 is 11.3 Å². The highest BCUT2D eigenvalue weighted by Gasteiger charge is 1.95. The van der Waals surface area contributed by atoms with Gasteiger partial charge >= 0.3 is 0 Å². The van der Waals surface area contributed by atoms with Crippen molar-refractivity contribution in [1.29, 1.82) is 5.41 Å². The van der Waals surface area contributed by atoms with Crippen molar-refractivity contribution in [3.63, 3.8) is 0 Å². The van der Waals surface area contributed by atoms with Crippen molar-refractivity contribution in [1.82, 2.24) is 0 Å². The van der Waals surface area contributed by atoms with Crippen LogP contribution in [0.5, 0.6) is 0 Å². The molecule has 0 spiro atoms. The Hall–Kier alpha value is -1.64. The molecule has 0 aliphatic rings. The van der Waals surface area contributed by atoms with Gasteiger partial charge in [-0.25, -0.2) is 0 Å². The van der Waals surface area contributed by atoms with E-state index in [1.165, 1.54) is 0 Å². The van der Waals surface area contributed by atoms with Crippen LogP contribution in [-0.4, -0.2) is 11.9 Å². The minimum atomic E-state index is 0.491. The fourth-order valence-corrected chi connectivity index (χ4v) is 0.804. The molecule has 0 aromatic heterocycles. The Kier molecular flexibility index (Phi) is 2.38. The molecule has 3 N–H and O–H groups in total. The Labute approximate surface area is 65.1 Å². The Morgan fingerprint density at radius 3 is 2.45 bits per heavy atom. The van der Waals surface area contributed by atoms with Crippen molar-refractivity contribution in [2.45, 2.75) is 0 Å². The van der Waals surface area contributed by atoms with Gasteiger partial charge in [0.15, 0.2) is 0 Å². The molecule has 0 saturated carbocycles. The number of nitrogens with one attached hydrogen (secondary N) is 1. The minimum absolute atomic E-state index is 0.491. The van der Waals surface area contributed by atoms with Crippen molar-refractivity contribution in [3.8, 4) is 0 Å². The molecule has 3 heteroatoms. The third-order valence-corrected chi connectivity index (χ3v) is 1.35. The van der Waals surface area contributed by atoms with Gasteiger partial charge in [0.25, 0.3) is 0 Å². The first-order valence-electron chi connectivity index (χ1n) is 3.22. The SMILES string of the molecule is N=CC(=NN)c1ccccc1. The largest absolute Gasteiger partial charge is 0.323 e. The first-order chi connectivity index (χ1) is 5.38. The van der Waals surface area contributed by atoms with E-state index in [-0.39, 0.29) is 0 Å². The average Bonchev–Trinajstić information content (AvgIpc) is 2.09. The molecule has 0 heterocycles. The molecule has 0 aliphatic heterocycles. The maximum atomic E-state index is 6.96. The third kappa shape index (κ3) is 1.64. The van der Waals surface area contributed by atoms with Gasteiger partial charge in [-0.1, -0.05) is 30.3 Å². The van der Waals surface area contributed by atoms with Gasteiger partial charge in [0.2, 0.25) is 0 Å². The van der Waals surface area contributed by atoms with Crippen LogP contribution in [0.1, 0.15) is 5.56 Å². The maximum Gasteiger partial charge on any atom is 0.107 e. The van der Waals surface area contributed by atoms with Crippen LogP contribution in [0.3, 0.4) is 0 Å². The van der Waals surface area contributed by atoms with Crippen molar-refractivity contribution in [2.75, 3.05) is 0 Å². The van der Waals surface area contributed by atoms with E-state index in [9.17, 15) is 0 Å². The van der Waals surface area contributed by atoms with Crippen LogP contribution in [0, 0.1) is 5.41 Å². The van der Waals surface area contributed by atoms with Gasteiger partial charge in [-0.05, 0) is 0 Å². The second-order valence-electron chi connectivity index (χ2n) is 2.02. The highest BCUT2D eigenvalue weighted by Crippen LogP contribution is 1.98. The van der Waals surface area contributed by atoms with E-state index in [2.05, 4.69) is 5.10 Å².